The quantitative estimate of drug-likeness (QED) is 0.0461. The molecule has 0 radical (unpaired) electrons. The van der Waals surface area contributed by atoms with Gasteiger partial charge < -0.3 is 41.8 Å². The van der Waals surface area contributed by atoms with Crippen molar-refractivity contribution >= 4 is 46.4 Å². The van der Waals surface area contributed by atoms with Crippen molar-refractivity contribution in [3.63, 3.8) is 0 Å². The highest BCUT2D eigenvalue weighted by molar-refractivity contribution is 5.97. The number of aliphatic hydroxyl groups is 1. The molecule has 266 valence electrons. The number of carbonyl (C=O) groups is 6. The lowest BCUT2D eigenvalue weighted by molar-refractivity contribution is -0.156. The van der Waals surface area contributed by atoms with Crippen LogP contribution in [0.2, 0.25) is 0 Å². The Labute approximate surface area is 279 Å². The lowest BCUT2D eigenvalue weighted by atomic mass is 10.0. The Morgan fingerprint density at radius 3 is 2.06 bits per heavy atom. The Morgan fingerprint density at radius 1 is 0.854 bits per heavy atom. The number of nitrogens with one attached hydrogen (secondary N) is 6. The minimum Gasteiger partial charge on any atom is -0.460 e. The minimum atomic E-state index is -1.50. The average Bonchev–Trinajstić information content (AvgIpc) is 3.39. The molecule has 2 rings (SSSR count). The normalized spacial score (nSPS) is 15.3. The van der Waals surface area contributed by atoms with Crippen molar-refractivity contribution in [2.24, 2.45) is 17.5 Å². The lowest BCUT2D eigenvalue weighted by Gasteiger charge is -2.27. The van der Waals surface area contributed by atoms with E-state index in [1.54, 1.807) is 27.0 Å². The molecule has 1 heterocycles. The molecule has 48 heavy (non-hydrogen) atoms. The molecule has 2 aromatic rings. The Kier molecular flexibility index (Phi) is 14.5. The summed E-state index contributed by atoms with van der Waals surface area (Å²) in [6.45, 7) is 11.2. The topological polar surface area (TPSA) is 260 Å². The van der Waals surface area contributed by atoms with Crippen LogP contribution in [0.15, 0.2) is 30.5 Å². The van der Waals surface area contributed by atoms with E-state index in [2.05, 4.69) is 26.3 Å². The highest BCUT2D eigenvalue weighted by Gasteiger charge is 2.34. The van der Waals surface area contributed by atoms with Gasteiger partial charge in [0.2, 0.25) is 23.6 Å². The van der Waals surface area contributed by atoms with Crippen molar-refractivity contribution in [2.45, 2.75) is 110 Å². The molecule has 1 aromatic heterocycles. The van der Waals surface area contributed by atoms with Crippen LogP contribution < -0.4 is 38.3 Å². The van der Waals surface area contributed by atoms with Crippen molar-refractivity contribution in [3.8, 4) is 0 Å². The van der Waals surface area contributed by atoms with E-state index in [4.69, 9.17) is 16.3 Å². The van der Waals surface area contributed by atoms with Crippen LogP contribution in [0.1, 0.15) is 66.9 Å². The van der Waals surface area contributed by atoms with Crippen molar-refractivity contribution in [1.82, 2.24) is 31.7 Å². The predicted molar refractivity (Wildman–Crippen MR) is 177 cm³/mol. The first-order chi connectivity index (χ1) is 22.3. The van der Waals surface area contributed by atoms with Gasteiger partial charge in [-0.15, -0.1) is 0 Å². The van der Waals surface area contributed by atoms with Crippen LogP contribution in [0.25, 0.3) is 10.9 Å². The van der Waals surface area contributed by atoms with E-state index in [1.165, 1.54) is 13.8 Å². The minimum absolute atomic E-state index is 0.000355. The summed E-state index contributed by atoms with van der Waals surface area (Å²) in [5.41, 5.74) is 8.94. The summed E-state index contributed by atoms with van der Waals surface area (Å²) >= 11 is 0. The van der Waals surface area contributed by atoms with Crippen molar-refractivity contribution in [3.05, 3.63) is 36.0 Å². The molecule has 0 spiro atoms. The summed E-state index contributed by atoms with van der Waals surface area (Å²) in [5, 5.41) is 20.9. The van der Waals surface area contributed by atoms with E-state index in [-0.39, 0.29) is 18.8 Å². The molecule has 6 atom stereocenters. The Balaban J connectivity index is 2.16. The molecule has 0 fully saturated rings. The number of fused-ring (bicyclic) bond motifs is 1. The van der Waals surface area contributed by atoms with Gasteiger partial charge in [0, 0.05) is 17.1 Å². The van der Waals surface area contributed by atoms with Crippen molar-refractivity contribution in [2.75, 3.05) is 0 Å². The molecule has 0 aliphatic rings. The molecule has 0 aliphatic heterocycles. The summed E-state index contributed by atoms with van der Waals surface area (Å²) in [6, 6.07) is 1.07. The highest BCUT2D eigenvalue weighted by Crippen LogP contribution is 2.19. The third-order valence-corrected chi connectivity index (χ3v) is 7.17. The number of para-hydroxylation sites is 1. The second-order valence-electron chi connectivity index (χ2n) is 13.2. The molecule has 0 saturated carbocycles. The van der Waals surface area contributed by atoms with E-state index in [9.17, 15) is 33.9 Å². The highest BCUT2D eigenvalue weighted by atomic mass is 16.6. The Bertz CT molecular complexity index is 1450. The van der Waals surface area contributed by atoms with Gasteiger partial charge in [0.25, 0.3) is 5.91 Å². The fourth-order valence-corrected chi connectivity index (χ4v) is 4.80. The first kappa shape index (κ1) is 39.6. The molecule has 0 unspecified atom stereocenters. The van der Waals surface area contributed by atoms with Gasteiger partial charge in [0.05, 0.1) is 18.6 Å². The number of aromatic nitrogens is 1. The smallest absolute Gasteiger partial charge is 0.308 e. The summed E-state index contributed by atoms with van der Waals surface area (Å²) in [5.74, 6) is 0.450. The Hall–Kier alpha value is -4.54. The molecule has 16 heteroatoms. The number of nitrogens with two attached hydrogens (primary N) is 2. The number of esters is 1. The number of ether oxygens (including phenoxy) is 1. The fourth-order valence-electron chi connectivity index (χ4n) is 4.80. The number of carbonyl (C=O) groups excluding carboxylic acids is 6. The monoisotopic (exact) mass is 674 g/mol. The maximum absolute atomic E-state index is 13.4. The zero-order valence-corrected chi connectivity index (χ0v) is 28.5. The zero-order chi connectivity index (χ0) is 36.3. The number of aromatic amines is 1. The molecule has 0 aliphatic carbocycles. The van der Waals surface area contributed by atoms with E-state index < -0.39 is 83.8 Å². The first-order valence-corrected chi connectivity index (χ1v) is 15.7. The van der Waals surface area contributed by atoms with Gasteiger partial charge in [-0.2, -0.15) is 0 Å². The van der Waals surface area contributed by atoms with Gasteiger partial charge in [-0.25, -0.2) is 5.84 Å². The number of hydrogen-bond donors (Lipinski definition) is 9. The number of benzene rings is 1. The van der Waals surface area contributed by atoms with E-state index in [0.29, 0.717) is 0 Å². The van der Waals surface area contributed by atoms with Gasteiger partial charge in [0.15, 0.2) is 0 Å². The van der Waals surface area contributed by atoms with Crippen LogP contribution in [0.5, 0.6) is 0 Å². The average molecular weight is 675 g/mol. The molecule has 0 saturated heterocycles. The van der Waals surface area contributed by atoms with Gasteiger partial charge >= 0.3 is 5.97 Å². The van der Waals surface area contributed by atoms with Crippen molar-refractivity contribution < 1.29 is 38.6 Å². The maximum Gasteiger partial charge on any atom is 0.308 e. The second kappa shape index (κ2) is 17.6. The third-order valence-electron chi connectivity index (χ3n) is 7.17. The van der Waals surface area contributed by atoms with Gasteiger partial charge in [-0.3, -0.25) is 34.2 Å². The van der Waals surface area contributed by atoms with Crippen LogP contribution in [-0.4, -0.2) is 87.5 Å². The maximum atomic E-state index is 13.4. The third kappa shape index (κ3) is 12.2. The lowest BCUT2D eigenvalue weighted by Crippen LogP contribution is -2.61. The van der Waals surface area contributed by atoms with Gasteiger partial charge in [-0.1, -0.05) is 32.0 Å². The zero-order valence-electron chi connectivity index (χ0n) is 28.5. The van der Waals surface area contributed by atoms with Crippen molar-refractivity contribution in [1.29, 1.82) is 0 Å². The summed E-state index contributed by atoms with van der Waals surface area (Å²) in [6.07, 6.45) is 0.139. The standard InChI is InChI=1S/C32H50N8O8/c1-16(2)12-23(30(46)40-34)38-31(47)26(18(4)41)39-27(43)17(3)36-29(45)24(14-25(42)48-32(5,6)7)37-28(44)21(33)13-19-15-35-22-11-9-8-10-20(19)22/h8-11,15-18,21,23-24,26,35,41H,12-14,33-34H2,1-7H3,(H,36,45)(H,37,44)(H,38,47)(H,39,43)(H,40,46)/t17-,18+,21+,23-,24+,26+/m0/s1. The molecular weight excluding hydrogens is 624 g/mol. The van der Waals surface area contributed by atoms with Crippen LogP contribution in [-0.2, 0) is 39.9 Å². The number of amides is 5. The van der Waals surface area contributed by atoms with Gasteiger partial charge in [0.1, 0.15) is 29.8 Å². The van der Waals surface area contributed by atoms with E-state index in [0.717, 1.165) is 16.5 Å². The number of aliphatic hydroxyl groups excluding tert-OH is 1. The first-order valence-electron chi connectivity index (χ1n) is 15.7. The largest absolute Gasteiger partial charge is 0.460 e. The van der Waals surface area contributed by atoms with Crippen LogP contribution in [0, 0.1) is 5.92 Å². The number of H-pyrrole nitrogens is 1. The number of hydrogen-bond acceptors (Lipinski definition) is 10. The molecule has 1 aromatic carbocycles. The molecule has 16 nitrogen and oxygen atoms in total. The molecule has 0 bridgehead atoms. The van der Waals surface area contributed by atoms with Crippen LogP contribution in [0.4, 0.5) is 0 Å². The molecule has 5 amide bonds. The molecule has 11 N–H and O–H groups in total. The fraction of sp³-hybridized carbons (Fsp3) is 0.562. The van der Waals surface area contributed by atoms with E-state index >= 15 is 0 Å². The van der Waals surface area contributed by atoms with Crippen LogP contribution >= 0.6 is 0 Å². The van der Waals surface area contributed by atoms with E-state index in [1.807, 2.05) is 43.5 Å². The summed E-state index contributed by atoms with van der Waals surface area (Å²) in [4.78, 5) is 80.6. The number of rotatable bonds is 16. The summed E-state index contributed by atoms with van der Waals surface area (Å²) < 4.78 is 5.34. The summed E-state index contributed by atoms with van der Waals surface area (Å²) in [7, 11) is 0. The molecular formula is C32H50N8O8. The Morgan fingerprint density at radius 2 is 1.48 bits per heavy atom. The predicted octanol–water partition coefficient (Wildman–Crippen LogP) is -0.855. The number of hydrazine groups is 1. The SMILES string of the molecule is CC(C)C[C@H](NC(=O)[C@H](NC(=O)[C@H](C)NC(=O)[C@@H](CC(=O)OC(C)(C)C)NC(=O)[C@H](N)Cc1c[nH]c2ccccc12)[C@@H](C)O)C(=O)NN. The van der Waals surface area contributed by atoms with Crippen LogP contribution in [0.3, 0.4) is 0 Å². The second-order valence-corrected chi connectivity index (χ2v) is 13.2. The van der Waals surface area contributed by atoms with Gasteiger partial charge in [-0.05, 0) is 65.0 Å².